The van der Waals surface area contributed by atoms with E-state index < -0.39 is 10.0 Å². The van der Waals surface area contributed by atoms with Crippen molar-refractivity contribution in [2.45, 2.75) is 4.90 Å². The molecule has 3 rings (SSSR count). The number of sulfonamides is 1. The van der Waals surface area contributed by atoms with Crippen molar-refractivity contribution in [2.24, 2.45) is 0 Å². The van der Waals surface area contributed by atoms with E-state index in [2.05, 4.69) is 14.9 Å². The van der Waals surface area contributed by atoms with Gasteiger partial charge in [-0.15, -0.1) is 0 Å². The minimum atomic E-state index is -3.52. The first-order valence-corrected chi connectivity index (χ1v) is 10.4. The maximum Gasteiger partial charge on any atom is 0.240 e. The molecule has 0 saturated carbocycles. The standard InChI is InChI=1S/C19H25N3O4S/c1-25-16-2-4-17(5-3-16)26-18-6-8-19(9-7-18)27(23,24)21-12-15-22-13-10-20-11-14-22/h2-9,20-21H,10-15H2,1H3. The number of ether oxygens (including phenoxy) is 2. The first kappa shape index (κ1) is 19.6. The molecule has 0 radical (unpaired) electrons. The van der Waals surface area contributed by atoms with Crippen molar-refractivity contribution >= 4 is 10.0 Å². The zero-order chi connectivity index (χ0) is 19.1. The molecule has 1 fully saturated rings. The topological polar surface area (TPSA) is 79.9 Å². The van der Waals surface area contributed by atoms with E-state index >= 15 is 0 Å². The lowest BCUT2D eigenvalue weighted by Gasteiger charge is -2.27. The van der Waals surface area contributed by atoms with Crippen LogP contribution in [0.4, 0.5) is 0 Å². The summed E-state index contributed by atoms with van der Waals surface area (Å²) < 4.78 is 38.3. The van der Waals surface area contributed by atoms with Crippen LogP contribution in [-0.2, 0) is 10.0 Å². The molecular formula is C19H25N3O4S. The molecule has 146 valence electrons. The highest BCUT2D eigenvalue weighted by molar-refractivity contribution is 7.89. The third-order valence-electron chi connectivity index (χ3n) is 4.36. The highest BCUT2D eigenvalue weighted by Crippen LogP contribution is 2.24. The summed E-state index contributed by atoms with van der Waals surface area (Å²) in [5.74, 6) is 1.97. The Bertz CT molecular complexity index is 817. The number of hydrogen-bond donors (Lipinski definition) is 2. The second-order valence-corrected chi connectivity index (χ2v) is 8.01. The van der Waals surface area contributed by atoms with Crippen molar-refractivity contribution in [1.82, 2.24) is 14.9 Å². The van der Waals surface area contributed by atoms with Crippen molar-refractivity contribution in [2.75, 3.05) is 46.4 Å². The van der Waals surface area contributed by atoms with E-state index in [0.29, 0.717) is 24.6 Å². The average molecular weight is 391 g/mol. The molecule has 2 aromatic carbocycles. The van der Waals surface area contributed by atoms with Gasteiger partial charge in [0, 0.05) is 39.3 Å². The predicted molar refractivity (Wildman–Crippen MR) is 104 cm³/mol. The Kier molecular flexibility index (Phi) is 6.68. The molecule has 0 bridgehead atoms. The molecule has 0 amide bonds. The molecule has 0 spiro atoms. The van der Waals surface area contributed by atoms with Gasteiger partial charge in [0.1, 0.15) is 17.2 Å². The smallest absolute Gasteiger partial charge is 0.240 e. The number of nitrogens with zero attached hydrogens (tertiary/aromatic N) is 1. The lowest BCUT2D eigenvalue weighted by molar-refractivity contribution is 0.245. The fraction of sp³-hybridized carbons (Fsp3) is 0.368. The van der Waals surface area contributed by atoms with Crippen LogP contribution in [0, 0.1) is 0 Å². The van der Waals surface area contributed by atoms with Gasteiger partial charge >= 0.3 is 0 Å². The van der Waals surface area contributed by atoms with Crippen molar-refractivity contribution in [3.8, 4) is 17.2 Å². The van der Waals surface area contributed by atoms with Gasteiger partial charge < -0.3 is 14.8 Å². The summed E-state index contributed by atoms with van der Waals surface area (Å²) >= 11 is 0. The van der Waals surface area contributed by atoms with Gasteiger partial charge in [-0.1, -0.05) is 0 Å². The molecule has 27 heavy (non-hydrogen) atoms. The Hall–Kier alpha value is -2.13. The normalized spacial score (nSPS) is 15.4. The van der Waals surface area contributed by atoms with Crippen LogP contribution in [-0.4, -0.2) is 59.7 Å². The molecule has 1 heterocycles. The fourth-order valence-electron chi connectivity index (χ4n) is 2.82. The molecule has 8 heteroatoms. The van der Waals surface area contributed by atoms with Gasteiger partial charge in [0.2, 0.25) is 10.0 Å². The van der Waals surface area contributed by atoms with Gasteiger partial charge in [-0.3, -0.25) is 4.90 Å². The van der Waals surface area contributed by atoms with E-state index in [-0.39, 0.29) is 4.90 Å². The van der Waals surface area contributed by atoms with Crippen LogP contribution in [0.1, 0.15) is 0 Å². The Morgan fingerprint density at radius 2 is 1.52 bits per heavy atom. The van der Waals surface area contributed by atoms with Crippen LogP contribution in [0.25, 0.3) is 0 Å². The van der Waals surface area contributed by atoms with Crippen molar-refractivity contribution in [3.05, 3.63) is 48.5 Å². The van der Waals surface area contributed by atoms with Crippen LogP contribution in [0.5, 0.6) is 17.2 Å². The quantitative estimate of drug-likeness (QED) is 0.713. The molecule has 0 unspecified atom stereocenters. The Morgan fingerprint density at radius 1 is 0.963 bits per heavy atom. The van der Waals surface area contributed by atoms with Crippen LogP contribution in [0.3, 0.4) is 0 Å². The maximum atomic E-state index is 12.4. The van der Waals surface area contributed by atoms with Crippen LogP contribution < -0.4 is 19.5 Å². The van der Waals surface area contributed by atoms with Crippen LogP contribution in [0.15, 0.2) is 53.4 Å². The summed E-state index contributed by atoms with van der Waals surface area (Å²) in [6.07, 6.45) is 0. The lowest BCUT2D eigenvalue weighted by atomic mass is 10.3. The van der Waals surface area contributed by atoms with Crippen LogP contribution >= 0.6 is 0 Å². The largest absolute Gasteiger partial charge is 0.497 e. The number of nitrogens with one attached hydrogen (secondary N) is 2. The maximum absolute atomic E-state index is 12.4. The molecule has 1 aliphatic heterocycles. The van der Waals surface area contributed by atoms with Gasteiger partial charge in [0.05, 0.1) is 12.0 Å². The average Bonchev–Trinajstić information content (AvgIpc) is 2.70. The molecule has 7 nitrogen and oxygen atoms in total. The van der Waals surface area contributed by atoms with Gasteiger partial charge in [-0.2, -0.15) is 0 Å². The fourth-order valence-corrected chi connectivity index (χ4v) is 3.84. The minimum absolute atomic E-state index is 0.227. The van der Waals surface area contributed by atoms with Crippen LogP contribution in [0.2, 0.25) is 0 Å². The van der Waals surface area contributed by atoms with E-state index in [1.807, 2.05) is 0 Å². The summed E-state index contributed by atoms with van der Waals surface area (Å²) in [6.45, 7) is 4.88. The summed E-state index contributed by atoms with van der Waals surface area (Å²) in [6, 6.07) is 13.6. The highest BCUT2D eigenvalue weighted by atomic mass is 32.2. The van der Waals surface area contributed by atoms with E-state index in [0.717, 1.165) is 31.9 Å². The first-order valence-electron chi connectivity index (χ1n) is 8.91. The zero-order valence-electron chi connectivity index (χ0n) is 15.3. The summed E-state index contributed by atoms with van der Waals surface area (Å²) in [5.41, 5.74) is 0. The number of methoxy groups -OCH3 is 1. The SMILES string of the molecule is COc1ccc(Oc2ccc(S(=O)(=O)NCCN3CCNCC3)cc2)cc1. The second-order valence-electron chi connectivity index (χ2n) is 6.24. The van der Waals surface area contributed by atoms with Gasteiger partial charge in [-0.05, 0) is 48.5 Å². The number of rotatable bonds is 8. The van der Waals surface area contributed by atoms with Gasteiger partial charge in [0.15, 0.2) is 0 Å². The van der Waals surface area contributed by atoms with Gasteiger partial charge in [-0.25, -0.2) is 13.1 Å². The molecule has 2 N–H and O–H groups in total. The molecule has 1 saturated heterocycles. The number of benzene rings is 2. The first-order chi connectivity index (χ1) is 13.1. The zero-order valence-corrected chi connectivity index (χ0v) is 16.2. The van der Waals surface area contributed by atoms with Crippen molar-refractivity contribution in [3.63, 3.8) is 0 Å². The van der Waals surface area contributed by atoms with Crippen molar-refractivity contribution in [1.29, 1.82) is 0 Å². The summed E-state index contributed by atoms with van der Waals surface area (Å²) in [7, 11) is -1.92. The second kappa shape index (κ2) is 9.18. The van der Waals surface area contributed by atoms with E-state index in [4.69, 9.17) is 9.47 Å². The van der Waals surface area contributed by atoms with Gasteiger partial charge in [0.25, 0.3) is 0 Å². The van der Waals surface area contributed by atoms with E-state index in [9.17, 15) is 8.42 Å². The minimum Gasteiger partial charge on any atom is -0.497 e. The van der Waals surface area contributed by atoms with Crippen molar-refractivity contribution < 1.29 is 17.9 Å². The molecular weight excluding hydrogens is 366 g/mol. The monoisotopic (exact) mass is 391 g/mol. The molecule has 1 aliphatic rings. The predicted octanol–water partition coefficient (Wildman–Crippen LogP) is 1.67. The third kappa shape index (κ3) is 5.67. The summed E-state index contributed by atoms with van der Waals surface area (Å²) in [5, 5.41) is 3.28. The lowest BCUT2D eigenvalue weighted by Crippen LogP contribution is -2.46. The molecule has 0 aromatic heterocycles. The molecule has 0 aliphatic carbocycles. The van der Waals surface area contributed by atoms with E-state index in [1.165, 1.54) is 0 Å². The van der Waals surface area contributed by atoms with E-state index in [1.54, 1.807) is 55.6 Å². The Morgan fingerprint density at radius 3 is 2.11 bits per heavy atom. The summed E-state index contributed by atoms with van der Waals surface area (Å²) in [4.78, 5) is 2.47. The number of hydrogen-bond acceptors (Lipinski definition) is 6. The third-order valence-corrected chi connectivity index (χ3v) is 5.84. The Balaban J connectivity index is 1.54. The molecule has 0 atom stereocenters. The highest BCUT2D eigenvalue weighted by Gasteiger charge is 2.15. The molecule has 2 aromatic rings. The Labute approximate surface area is 160 Å². The number of piperazine rings is 1.